The van der Waals surface area contributed by atoms with Crippen LogP contribution in [0.1, 0.15) is 33.6 Å². The summed E-state index contributed by atoms with van der Waals surface area (Å²) in [5.74, 6) is 0. The van der Waals surface area contributed by atoms with Gasteiger partial charge in [0, 0.05) is 0 Å². The molecule has 0 saturated heterocycles. The minimum absolute atomic E-state index is 0.387. The van der Waals surface area contributed by atoms with Gasteiger partial charge in [0.25, 0.3) is 0 Å². The van der Waals surface area contributed by atoms with E-state index in [2.05, 4.69) is 5.16 Å². The molecule has 10 heavy (non-hydrogen) atoms. The molecule has 0 spiro atoms. The van der Waals surface area contributed by atoms with Gasteiger partial charge < -0.3 is 10.3 Å². The van der Waals surface area contributed by atoms with Gasteiger partial charge >= 0.3 is 0 Å². The van der Waals surface area contributed by atoms with Gasteiger partial charge in [0.15, 0.2) is 0 Å². The van der Waals surface area contributed by atoms with Crippen LogP contribution in [0.4, 0.5) is 0 Å². The first-order valence-corrected chi connectivity index (χ1v) is 3.52. The third kappa shape index (κ3) is 1.70. The van der Waals surface area contributed by atoms with Crippen molar-refractivity contribution in [2.24, 2.45) is 5.16 Å². The molecule has 0 aliphatic heterocycles. The van der Waals surface area contributed by atoms with Crippen molar-refractivity contribution in [1.29, 1.82) is 0 Å². The highest BCUT2D eigenvalue weighted by molar-refractivity contribution is 5.89. The van der Waals surface area contributed by atoms with Gasteiger partial charge in [-0.3, -0.25) is 0 Å². The van der Waals surface area contributed by atoms with Gasteiger partial charge in [0.2, 0.25) is 0 Å². The molecule has 0 aromatic carbocycles. The van der Waals surface area contributed by atoms with E-state index in [4.69, 9.17) is 5.21 Å². The second-order valence-electron chi connectivity index (χ2n) is 2.42. The maximum Gasteiger partial charge on any atom is 0.105 e. The number of rotatable bonds is 3. The number of hydrogen-bond donors (Lipinski definition) is 2. The van der Waals surface area contributed by atoms with Crippen LogP contribution in [0.3, 0.4) is 0 Å². The fraction of sp³-hybridized carbons (Fsp3) is 0.857. The Balaban J connectivity index is 4.32. The lowest BCUT2D eigenvalue weighted by Crippen LogP contribution is -2.35. The first-order valence-electron chi connectivity index (χ1n) is 3.52. The van der Waals surface area contributed by atoms with E-state index in [9.17, 15) is 5.11 Å². The number of nitrogens with zero attached hydrogens (tertiary/aromatic N) is 1. The fourth-order valence-electron chi connectivity index (χ4n) is 0.855. The molecule has 0 aliphatic rings. The molecule has 0 heterocycles. The molecule has 0 aliphatic carbocycles. The first-order chi connectivity index (χ1) is 4.60. The van der Waals surface area contributed by atoms with Crippen molar-refractivity contribution in [3.63, 3.8) is 0 Å². The molecule has 0 fully saturated rings. The highest BCUT2D eigenvalue weighted by atomic mass is 16.4. The van der Waals surface area contributed by atoms with Crippen LogP contribution in [0.15, 0.2) is 5.16 Å². The number of aliphatic hydroxyl groups is 1. The fourth-order valence-corrected chi connectivity index (χ4v) is 0.855. The summed E-state index contributed by atoms with van der Waals surface area (Å²) in [6.07, 6.45) is 1.17. The van der Waals surface area contributed by atoms with E-state index in [0.717, 1.165) is 0 Å². The minimum Gasteiger partial charge on any atom is -0.411 e. The van der Waals surface area contributed by atoms with Crippen LogP contribution in [-0.2, 0) is 0 Å². The minimum atomic E-state index is -0.908. The second-order valence-corrected chi connectivity index (χ2v) is 2.42. The molecule has 0 amide bonds. The van der Waals surface area contributed by atoms with Crippen molar-refractivity contribution >= 4 is 5.71 Å². The van der Waals surface area contributed by atoms with E-state index in [-0.39, 0.29) is 0 Å². The molecular formula is C7H15NO2. The lowest BCUT2D eigenvalue weighted by Gasteiger charge is -2.23. The van der Waals surface area contributed by atoms with Gasteiger partial charge in [0.1, 0.15) is 5.60 Å². The molecule has 2 N–H and O–H groups in total. The summed E-state index contributed by atoms with van der Waals surface area (Å²) in [7, 11) is 0. The molecule has 0 unspecified atom stereocenters. The third-order valence-electron chi connectivity index (χ3n) is 1.99. The maximum atomic E-state index is 9.61. The summed E-state index contributed by atoms with van der Waals surface area (Å²) < 4.78 is 0. The lowest BCUT2D eigenvalue weighted by atomic mass is 9.93. The van der Waals surface area contributed by atoms with Crippen LogP contribution in [0, 0.1) is 0 Å². The Kier molecular flexibility index (Phi) is 3.36. The molecule has 0 aromatic heterocycles. The summed E-state index contributed by atoms with van der Waals surface area (Å²) in [6.45, 7) is 5.34. The summed E-state index contributed by atoms with van der Waals surface area (Å²) in [6, 6.07) is 0. The number of oxime groups is 1. The summed E-state index contributed by atoms with van der Waals surface area (Å²) >= 11 is 0. The summed E-state index contributed by atoms with van der Waals surface area (Å²) in [5.41, 5.74) is -0.521. The van der Waals surface area contributed by atoms with Crippen molar-refractivity contribution in [1.82, 2.24) is 0 Å². The van der Waals surface area contributed by atoms with E-state index in [1.807, 2.05) is 13.8 Å². The normalized spacial score (nSPS) is 13.8. The number of hydrogen-bond acceptors (Lipinski definition) is 3. The highest BCUT2D eigenvalue weighted by Crippen LogP contribution is 2.16. The molecule has 3 nitrogen and oxygen atoms in total. The van der Waals surface area contributed by atoms with Gasteiger partial charge in [-0.05, 0) is 19.8 Å². The monoisotopic (exact) mass is 145 g/mol. The zero-order valence-electron chi connectivity index (χ0n) is 6.76. The van der Waals surface area contributed by atoms with Gasteiger partial charge in [-0.1, -0.05) is 19.0 Å². The van der Waals surface area contributed by atoms with Crippen molar-refractivity contribution in [2.75, 3.05) is 0 Å². The van der Waals surface area contributed by atoms with Crippen molar-refractivity contribution in [2.45, 2.75) is 39.2 Å². The zero-order valence-corrected chi connectivity index (χ0v) is 6.76. The molecule has 0 bridgehead atoms. The van der Waals surface area contributed by atoms with Crippen molar-refractivity contribution in [3.8, 4) is 0 Å². The maximum absolute atomic E-state index is 9.61. The standard InChI is InChI=1S/C7H15NO2/c1-4-7(9,5-2)6(3)8-10/h9-10H,4-5H2,1-3H3. The predicted octanol–water partition coefficient (Wildman–Crippen LogP) is 1.39. The SMILES string of the molecule is CCC(O)(CC)C(C)=NO. The van der Waals surface area contributed by atoms with E-state index in [0.29, 0.717) is 18.6 Å². The Labute approximate surface area is 61.4 Å². The Morgan fingerprint density at radius 1 is 1.40 bits per heavy atom. The quantitative estimate of drug-likeness (QED) is 0.358. The molecule has 0 saturated carbocycles. The second kappa shape index (κ2) is 3.56. The predicted molar refractivity (Wildman–Crippen MR) is 40.4 cm³/mol. The molecule has 3 heteroatoms. The summed E-state index contributed by atoms with van der Waals surface area (Å²) in [4.78, 5) is 0. The van der Waals surface area contributed by atoms with E-state index < -0.39 is 5.60 Å². The average Bonchev–Trinajstić information content (AvgIpc) is 2.01. The molecule has 0 rings (SSSR count). The van der Waals surface area contributed by atoms with Crippen LogP contribution in [0.2, 0.25) is 0 Å². The smallest absolute Gasteiger partial charge is 0.105 e. The Morgan fingerprint density at radius 2 is 1.80 bits per heavy atom. The highest BCUT2D eigenvalue weighted by Gasteiger charge is 2.26. The first kappa shape index (κ1) is 9.43. The van der Waals surface area contributed by atoms with Crippen LogP contribution in [0.5, 0.6) is 0 Å². The van der Waals surface area contributed by atoms with Crippen LogP contribution < -0.4 is 0 Å². The Morgan fingerprint density at radius 3 is 1.90 bits per heavy atom. The topological polar surface area (TPSA) is 52.8 Å². The van der Waals surface area contributed by atoms with Crippen molar-refractivity contribution in [3.05, 3.63) is 0 Å². The largest absolute Gasteiger partial charge is 0.411 e. The Hall–Kier alpha value is -0.570. The molecular weight excluding hydrogens is 130 g/mol. The zero-order chi connectivity index (χ0) is 8.20. The summed E-state index contributed by atoms with van der Waals surface area (Å²) in [5, 5.41) is 20.9. The van der Waals surface area contributed by atoms with Crippen LogP contribution in [-0.4, -0.2) is 21.6 Å². The van der Waals surface area contributed by atoms with E-state index in [1.165, 1.54) is 0 Å². The van der Waals surface area contributed by atoms with Crippen LogP contribution >= 0.6 is 0 Å². The molecule has 0 radical (unpaired) electrons. The molecule has 0 atom stereocenters. The lowest BCUT2D eigenvalue weighted by molar-refractivity contribution is 0.0984. The third-order valence-corrected chi connectivity index (χ3v) is 1.99. The van der Waals surface area contributed by atoms with Crippen molar-refractivity contribution < 1.29 is 10.3 Å². The van der Waals surface area contributed by atoms with Gasteiger partial charge in [-0.2, -0.15) is 0 Å². The van der Waals surface area contributed by atoms with Gasteiger partial charge in [-0.25, -0.2) is 0 Å². The average molecular weight is 145 g/mol. The molecule has 60 valence electrons. The van der Waals surface area contributed by atoms with E-state index >= 15 is 0 Å². The van der Waals surface area contributed by atoms with E-state index in [1.54, 1.807) is 6.92 Å². The Bertz CT molecular complexity index is 128. The van der Waals surface area contributed by atoms with Gasteiger partial charge in [-0.15, -0.1) is 0 Å². The van der Waals surface area contributed by atoms with Gasteiger partial charge in [0.05, 0.1) is 5.71 Å². The van der Waals surface area contributed by atoms with Crippen LogP contribution in [0.25, 0.3) is 0 Å². The molecule has 0 aromatic rings.